The van der Waals surface area contributed by atoms with Gasteiger partial charge in [0.25, 0.3) is 5.91 Å². The lowest BCUT2D eigenvalue weighted by atomic mass is 10.2. The van der Waals surface area contributed by atoms with Crippen molar-refractivity contribution in [2.24, 2.45) is 0 Å². The number of hydrogen-bond donors (Lipinski definition) is 1. The minimum Gasteiger partial charge on any atom is -0.296 e. The van der Waals surface area contributed by atoms with Crippen LogP contribution in [0.1, 0.15) is 9.67 Å². The standard InChI is InChI=1S/C13H8ClN3OS2/c14-9-4-2-1-3-8(9)10-5-6-11(20-10)12(18)16-13-17-15-7-19-13/h1-7H,(H,16,17,18). The number of carbonyl (C=O) groups excluding carboxylic acids is 1. The van der Waals surface area contributed by atoms with Crippen molar-refractivity contribution in [3.63, 3.8) is 0 Å². The molecule has 1 amide bonds. The normalized spacial score (nSPS) is 10.4. The summed E-state index contributed by atoms with van der Waals surface area (Å²) in [5, 5.41) is 11.3. The van der Waals surface area contributed by atoms with Crippen molar-refractivity contribution in [2.45, 2.75) is 0 Å². The molecule has 3 rings (SSSR count). The molecule has 0 aliphatic heterocycles. The highest BCUT2D eigenvalue weighted by molar-refractivity contribution is 7.17. The van der Waals surface area contributed by atoms with Gasteiger partial charge in [0, 0.05) is 15.5 Å². The molecule has 2 aromatic heterocycles. The predicted molar refractivity (Wildman–Crippen MR) is 82.6 cm³/mol. The highest BCUT2D eigenvalue weighted by Gasteiger charge is 2.13. The topological polar surface area (TPSA) is 54.9 Å². The molecule has 7 heteroatoms. The molecule has 0 bridgehead atoms. The Balaban J connectivity index is 1.83. The smallest absolute Gasteiger partial charge is 0.267 e. The van der Waals surface area contributed by atoms with Gasteiger partial charge in [0.15, 0.2) is 0 Å². The summed E-state index contributed by atoms with van der Waals surface area (Å²) >= 11 is 8.82. The molecular weight excluding hydrogens is 314 g/mol. The molecule has 0 saturated carbocycles. The van der Waals surface area contributed by atoms with Gasteiger partial charge in [-0.05, 0) is 18.2 Å². The second-order valence-electron chi connectivity index (χ2n) is 3.84. The Bertz CT molecular complexity index is 740. The zero-order chi connectivity index (χ0) is 13.9. The monoisotopic (exact) mass is 321 g/mol. The molecule has 0 aliphatic carbocycles. The Morgan fingerprint density at radius 1 is 1.20 bits per heavy atom. The van der Waals surface area contributed by atoms with Crippen molar-refractivity contribution in [3.8, 4) is 10.4 Å². The quantitative estimate of drug-likeness (QED) is 0.787. The number of anilines is 1. The molecule has 0 aliphatic rings. The van der Waals surface area contributed by atoms with Crippen LogP contribution in [0.5, 0.6) is 0 Å². The van der Waals surface area contributed by atoms with Crippen LogP contribution in [-0.2, 0) is 0 Å². The zero-order valence-corrected chi connectivity index (χ0v) is 12.4. The highest BCUT2D eigenvalue weighted by Crippen LogP contribution is 2.33. The van der Waals surface area contributed by atoms with Crippen LogP contribution in [0.25, 0.3) is 10.4 Å². The highest BCUT2D eigenvalue weighted by atomic mass is 35.5. The first-order chi connectivity index (χ1) is 9.74. The van der Waals surface area contributed by atoms with Gasteiger partial charge in [-0.15, -0.1) is 21.5 Å². The number of rotatable bonds is 3. The number of nitrogens with zero attached hydrogens (tertiary/aromatic N) is 2. The molecule has 4 nitrogen and oxygen atoms in total. The van der Waals surface area contributed by atoms with Crippen LogP contribution in [0, 0.1) is 0 Å². The van der Waals surface area contributed by atoms with E-state index in [0.717, 1.165) is 10.4 Å². The molecule has 0 spiro atoms. The Labute approximate surface area is 128 Å². The molecule has 0 fully saturated rings. The van der Waals surface area contributed by atoms with Gasteiger partial charge in [0.05, 0.1) is 4.88 Å². The Kier molecular flexibility index (Phi) is 3.77. The summed E-state index contributed by atoms with van der Waals surface area (Å²) in [7, 11) is 0. The van der Waals surface area contributed by atoms with E-state index in [2.05, 4.69) is 15.5 Å². The fourth-order valence-corrected chi connectivity index (χ4v) is 3.33. The minimum atomic E-state index is -0.190. The maximum absolute atomic E-state index is 12.0. The summed E-state index contributed by atoms with van der Waals surface area (Å²) in [6.45, 7) is 0. The van der Waals surface area contributed by atoms with E-state index in [-0.39, 0.29) is 5.91 Å². The largest absolute Gasteiger partial charge is 0.296 e. The van der Waals surface area contributed by atoms with Crippen LogP contribution in [0.2, 0.25) is 5.02 Å². The second-order valence-corrected chi connectivity index (χ2v) is 6.17. The number of hydrogen-bond acceptors (Lipinski definition) is 5. The Hall–Kier alpha value is -1.76. The van der Waals surface area contributed by atoms with Gasteiger partial charge in [-0.3, -0.25) is 10.1 Å². The molecule has 2 heterocycles. The third-order valence-corrected chi connectivity index (χ3v) is 4.60. The molecule has 100 valence electrons. The van der Waals surface area contributed by atoms with E-state index in [4.69, 9.17) is 11.6 Å². The van der Waals surface area contributed by atoms with Gasteiger partial charge in [0.2, 0.25) is 5.13 Å². The first kappa shape index (κ1) is 13.2. The van der Waals surface area contributed by atoms with Crippen LogP contribution in [0.3, 0.4) is 0 Å². The van der Waals surface area contributed by atoms with E-state index in [1.165, 1.54) is 22.7 Å². The molecular formula is C13H8ClN3OS2. The number of aromatic nitrogens is 2. The summed E-state index contributed by atoms with van der Waals surface area (Å²) in [5.74, 6) is -0.190. The summed E-state index contributed by atoms with van der Waals surface area (Å²) in [6, 6.07) is 11.2. The maximum atomic E-state index is 12.0. The van der Waals surface area contributed by atoms with Gasteiger partial charge >= 0.3 is 0 Å². The molecule has 0 radical (unpaired) electrons. The number of thiophene rings is 1. The van der Waals surface area contributed by atoms with Gasteiger partial charge in [-0.1, -0.05) is 41.1 Å². The fraction of sp³-hybridized carbons (Fsp3) is 0. The van der Waals surface area contributed by atoms with Gasteiger partial charge in [0.1, 0.15) is 5.51 Å². The molecule has 3 aromatic rings. The summed E-state index contributed by atoms with van der Waals surface area (Å²) < 4.78 is 0. The number of benzene rings is 1. The number of amides is 1. The molecule has 0 unspecified atom stereocenters. The van der Waals surface area contributed by atoms with Crippen molar-refractivity contribution in [1.29, 1.82) is 0 Å². The SMILES string of the molecule is O=C(Nc1nncs1)c1ccc(-c2ccccc2Cl)s1. The minimum absolute atomic E-state index is 0.190. The van der Waals surface area contributed by atoms with Crippen molar-refractivity contribution < 1.29 is 4.79 Å². The number of nitrogens with one attached hydrogen (secondary N) is 1. The van der Waals surface area contributed by atoms with Crippen molar-refractivity contribution in [1.82, 2.24) is 10.2 Å². The summed E-state index contributed by atoms with van der Waals surface area (Å²) in [6.07, 6.45) is 0. The Morgan fingerprint density at radius 2 is 2.05 bits per heavy atom. The first-order valence-corrected chi connectivity index (χ1v) is 7.74. The summed E-state index contributed by atoms with van der Waals surface area (Å²) in [4.78, 5) is 13.6. The number of halogens is 1. The maximum Gasteiger partial charge on any atom is 0.267 e. The van der Waals surface area contributed by atoms with Crippen LogP contribution in [0.4, 0.5) is 5.13 Å². The average molecular weight is 322 g/mol. The van der Waals surface area contributed by atoms with Crippen LogP contribution >= 0.6 is 34.3 Å². The lowest BCUT2D eigenvalue weighted by Gasteiger charge is -2.00. The molecule has 1 aromatic carbocycles. The third kappa shape index (κ3) is 2.72. The zero-order valence-electron chi connectivity index (χ0n) is 10.0. The third-order valence-electron chi connectivity index (χ3n) is 2.55. The molecule has 0 atom stereocenters. The fourth-order valence-electron chi connectivity index (χ4n) is 1.65. The Morgan fingerprint density at radius 3 is 2.80 bits per heavy atom. The first-order valence-electron chi connectivity index (χ1n) is 5.66. The van der Waals surface area contributed by atoms with Gasteiger partial charge in [-0.25, -0.2) is 0 Å². The van der Waals surface area contributed by atoms with Crippen LogP contribution in [-0.4, -0.2) is 16.1 Å². The van der Waals surface area contributed by atoms with Gasteiger partial charge in [-0.2, -0.15) is 0 Å². The van der Waals surface area contributed by atoms with E-state index in [1.54, 1.807) is 11.6 Å². The van der Waals surface area contributed by atoms with E-state index in [0.29, 0.717) is 15.0 Å². The van der Waals surface area contributed by atoms with E-state index in [9.17, 15) is 4.79 Å². The molecule has 20 heavy (non-hydrogen) atoms. The van der Waals surface area contributed by atoms with Crippen LogP contribution in [0.15, 0.2) is 41.9 Å². The van der Waals surface area contributed by atoms with Gasteiger partial charge < -0.3 is 0 Å². The summed E-state index contributed by atoms with van der Waals surface area (Å²) in [5.41, 5.74) is 2.49. The lowest BCUT2D eigenvalue weighted by molar-refractivity contribution is 0.103. The number of carbonyl (C=O) groups is 1. The van der Waals surface area contributed by atoms with Crippen LogP contribution < -0.4 is 5.32 Å². The molecule has 1 N–H and O–H groups in total. The second kappa shape index (κ2) is 5.70. The average Bonchev–Trinajstić information content (AvgIpc) is 3.10. The van der Waals surface area contributed by atoms with E-state index < -0.39 is 0 Å². The van der Waals surface area contributed by atoms with Crippen molar-refractivity contribution >= 4 is 45.3 Å². The van der Waals surface area contributed by atoms with E-state index in [1.807, 2.05) is 30.3 Å². The van der Waals surface area contributed by atoms with Crippen molar-refractivity contribution in [3.05, 3.63) is 51.8 Å². The van der Waals surface area contributed by atoms with E-state index >= 15 is 0 Å². The van der Waals surface area contributed by atoms with Crippen molar-refractivity contribution in [2.75, 3.05) is 5.32 Å². The molecule has 0 saturated heterocycles. The predicted octanol–water partition coefficient (Wildman–Crippen LogP) is 4.17. The lowest BCUT2D eigenvalue weighted by Crippen LogP contribution is -2.09.